The zero-order valence-corrected chi connectivity index (χ0v) is 12.8. The lowest BCUT2D eigenvalue weighted by Crippen LogP contribution is -2.38. The second-order valence-corrected chi connectivity index (χ2v) is 6.41. The maximum Gasteiger partial charge on any atom is 0.270 e. The SMILES string of the molecule is Cc1nc(C(=O)NCCCN2CCC[C@@H](CO)C2)cs1. The molecule has 0 aliphatic carbocycles. The van der Waals surface area contributed by atoms with Crippen LogP contribution in [-0.4, -0.2) is 53.7 Å². The first kappa shape index (κ1) is 15.4. The maximum atomic E-state index is 11.8. The van der Waals surface area contributed by atoms with Gasteiger partial charge in [0.05, 0.1) is 5.01 Å². The van der Waals surface area contributed by atoms with Crippen LogP contribution in [0.2, 0.25) is 0 Å². The van der Waals surface area contributed by atoms with Crippen LogP contribution in [0, 0.1) is 12.8 Å². The van der Waals surface area contributed by atoms with Gasteiger partial charge in [-0.1, -0.05) is 0 Å². The Morgan fingerprint density at radius 3 is 3.20 bits per heavy atom. The second kappa shape index (κ2) is 7.71. The van der Waals surface area contributed by atoms with Gasteiger partial charge in [-0.3, -0.25) is 4.79 Å². The van der Waals surface area contributed by atoms with Gasteiger partial charge in [-0.05, 0) is 45.2 Å². The molecule has 1 aromatic heterocycles. The molecular formula is C14H23N3O2S. The Labute approximate surface area is 124 Å². The Bertz CT molecular complexity index is 436. The van der Waals surface area contributed by atoms with Gasteiger partial charge < -0.3 is 15.3 Å². The number of nitrogens with zero attached hydrogens (tertiary/aromatic N) is 2. The van der Waals surface area contributed by atoms with Crippen LogP contribution in [0.3, 0.4) is 0 Å². The third-order valence-corrected chi connectivity index (χ3v) is 4.42. The molecule has 0 unspecified atom stereocenters. The van der Waals surface area contributed by atoms with E-state index in [0.29, 0.717) is 18.2 Å². The predicted octanol–water partition coefficient (Wildman–Crippen LogP) is 1.28. The Morgan fingerprint density at radius 1 is 1.65 bits per heavy atom. The number of aliphatic hydroxyl groups excluding tert-OH is 1. The van der Waals surface area contributed by atoms with E-state index in [1.165, 1.54) is 11.3 Å². The largest absolute Gasteiger partial charge is 0.396 e. The summed E-state index contributed by atoms with van der Waals surface area (Å²) in [6.45, 7) is 5.93. The van der Waals surface area contributed by atoms with Crippen LogP contribution in [0.25, 0.3) is 0 Å². The van der Waals surface area contributed by atoms with Gasteiger partial charge in [-0.15, -0.1) is 11.3 Å². The van der Waals surface area contributed by atoms with Crippen molar-refractivity contribution in [2.45, 2.75) is 26.2 Å². The number of aliphatic hydroxyl groups is 1. The van der Waals surface area contributed by atoms with Gasteiger partial charge in [0.15, 0.2) is 0 Å². The molecule has 1 aromatic rings. The summed E-state index contributed by atoms with van der Waals surface area (Å²) in [6, 6.07) is 0. The van der Waals surface area contributed by atoms with Gasteiger partial charge >= 0.3 is 0 Å². The van der Waals surface area contributed by atoms with Gasteiger partial charge in [0.25, 0.3) is 5.91 Å². The van der Waals surface area contributed by atoms with Crippen LogP contribution >= 0.6 is 11.3 Å². The van der Waals surface area contributed by atoms with Crippen molar-refractivity contribution in [3.63, 3.8) is 0 Å². The highest BCUT2D eigenvalue weighted by molar-refractivity contribution is 7.09. The molecule has 0 radical (unpaired) electrons. The summed E-state index contributed by atoms with van der Waals surface area (Å²) in [7, 11) is 0. The first-order valence-electron chi connectivity index (χ1n) is 7.22. The van der Waals surface area contributed by atoms with Crippen LogP contribution in [0.1, 0.15) is 34.8 Å². The van der Waals surface area contributed by atoms with Crippen LogP contribution in [0.15, 0.2) is 5.38 Å². The minimum absolute atomic E-state index is 0.0822. The maximum absolute atomic E-state index is 11.8. The number of likely N-dealkylation sites (tertiary alicyclic amines) is 1. The fourth-order valence-corrected chi connectivity index (χ4v) is 3.16. The summed E-state index contributed by atoms with van der Waals surface area (Å²) in [5.41, 5.74) is 0.519. The molecule has 1 fully saturated rings. The standard InChI is InChI=1S/C14H23N3O2S/c1-11-16-13(10-20-11)14(19)15-5-3-7-17-6-2-4-12(8-17)9-18/h10,12,18H,2-9H2,1H3,(H,15,19)/t12-/m1/s1. The number of piperidine rings is 1. The van der Waals surface area contributed by atoms with E-state index in [9.17, 15) is 9.90 Å². The molecule has 0 spiro atoms. The Kier molecular flexibility index (Phi) is 5.94. The Hall–Kier alpha value is -0.980. The average Bonchev–Trinajstić information content (AvgIpc) is 2.90. The number of carbonyl (C=O) groups excluding carboxylic acids is 1. The van der Waals surface area contributed by atoms with Crippen molar-refractivity contribution >= 4 is 17.2 Å². The summed E-state index contributed by atoms with van der Waals surface area (Å²) < 4.78 is 0. The first-order chi connectivity index (χ1) is 9.69. The predicted molar refractivity (Wildman–Crippen MR) is 80.1 cm³/mol. The third kappa shape index (κ3) is 4.54. The average molecular weight is 297 g/mol. The minimum Gasteiger partial charge on any atom is -0.396 e. The molecule has 1 saturated heterocycles. The molecule has 1 atom stereocenters. The fraction of sp³-hybridized carbons (Fsp3) is 0.714. The van der Waals surface area contributed by atoms with Crippen molar-refractivity contribution in [3.05, 3.63) is 16.1 Å². The molecule has 1 aliphatic heterocycles. The monoisotopic (exact) mass is 297 g/mol. The van der Waals surface area contributed by atoms with E-state index < -0.39 is 0 Å². The zero-order chi connectivity index (χ0) is 14.4. The van der Waals surface area contributed by atoms with E-state index >= 15 is 0 Å². The molecule has 2 heterocycles. The number of hydrogen-bond acceptors (Lipinski definition) is 5. The smallest absolute Gasteiger partial charge is 0.270 e. The van der Waals surface area contributed by atoms with E-state index in [1.807, 2.05) is 6.92 Å². The highest BCUT2D eigenvalue weighted by Crippen LogP contribution is 2.15. The minimum atomic E-state index is -0.0822. The molecule has 1 amide bonds. The Morgan fingerprint density at radius 2 is 2.50 bits per heavy atom. The number of carbonyl (C=O) groups is 1. The topological polar surface area (TPSA) is 65.5 Å². The summed E-state index contributed by atoms with van der Waals surface area (Å²) in [5, 5.41) is 14.8. The van der Waals surface area contributed by atoms with Crippen LogP contribution in [-0.2, 0) is 0 Å². The fourth-order valence-electron chi connectivity index (χ4n) is 2.57. The van der Waals surface area contributed by atoms with Crippen LogP contribution < -0.4 is 5.32 Å². The quantitative estimate of drug-likeness (QED) is 0.776. The number of aryl methyl sites for hydroxylation is 1. The van der Waals surface area contributed by atoms with E-state index in [4.69, 9.17) is 0 Å². The Balaban J connectivity index is 1.62. The molecule has 112 valence electrons. The number of nitrogens with one attached hydrogen (secondary N) is 1. The molecule has 6 heteroatoms. The number of hydrogen-bond donors (Lipinski definition) is 2. The van der Waals surface area contributed by atoms with E-state index in [-0.39, 0.29) is 12.5 Å². The van der Waals surface area contributed by atoms with E-state index in [2.05, 4.69) is 15.2 Å². The van der Waals surface area contributed by atoms with Gasteiger partial charge in [-0.2, -0.15) is 0 Å². The number of rotatable bonds is 6. The van der Waals surface area contributed by atoms with Crippen molar-refractivity contribution in [1.82, 2.24) is 15.2 Å². The molecule has 0 bridgehead atoms. The second-order valence-electron chi connectivity index (χ2n) is 5.35. The normalized spacial score (nSPS) is 20.0. The molecule has 0 saturated carbocycles. The van der Waals surface area contributed by atoms with Gasteiger partial charge in [0.2, 0.25) is 0 Å². The molecule has 0 aromatic carbocycles. The summed E-state index contributed by atoms with van der Waals surface area (Å²) in [5.74, 6) is 0.345. The molecule has 20 heavy (non-hydrogen) atoms. The van der Waals surface area contributed by atoms with E-state index in [0.717, 1.165) is 43.9 Å². The lowest BCUT2D eigenvalue weighted by atomic mass is 9.99. The van der Waals surface area contributed by atoms with Crippen LogP contribution in [0.5, 0.6) is 0 Å². The van der Waals surface area contributed by atoms with Crippen molar-refractivity contribution in [3.8, 4) is 0 Å². The van der Waals surface area contributed by atoms with Crippen molar-refractivity contribution in [2.75, 3.05) is 32.8 Å². The molecule has 2 N–H and O–H groups in total. The lowest BCUT2D eigenvalue weighted by Gasteiger charge is -2.31. The van der Waals surface area contributed by atoms with Gasteiger partial charge in [0.1, 0.15) is 5.69 Å². The third-order valence-electron chi connectivity index (χ3n) is 3.65. The summed E-state index contributed by atoms with van der Waals surface area (Å²) >= 11 is 1.49. The lowest BCUT2D eigenvalue weighted by molar-refractivity contribution is 0.0942. The van der Waals surface area contributed by atoms with Crippen LogP contribution in [0.4, 0.5) is 0 Å². The van der Waals surface area contributed by atoms with Crippen molar-refractivity contribution in [1.29, 1.82) is 0 Å². The van der Waals surface area contributed by atoms with Crippen molar-refractivity contribution in [2.24, 2.45) is 5.92 Å². The first-order valence-corrected chi connectivity index (χ1v) is 8.10. The molecule has 5 nitrogen and oxygen atoms in total. The molecule has 2 rings (SSSR count). The molecular weight excluding hydrogens is 274 g/mol. The van der Waals surface area contributed by atoms with Crippen molar-refractivity contribution < 1.29 is 9.90 Å². The zero-order valence-electron chi connectivity index (χ0n) is 12.0. The van der Waals surface area contributed by atoms with Gasteiger partial charge in [-0.25, -0.2) is 4.98 Å². The van der Waals surface area contributed by atoms with Gasteiger partial charge in [0, 0.05) is 25.1 Å². The number of aromatic nitrogens is 1. The number of thiazole rings is 1. The van der Waals surface area contributed by atoms with E-state index in [1.54, 1.807) is 5.38 Å². The summed E-state index contributed by atoms with van der Waals surface area (Å²) in [4.78, 5) is 18.3. The highest BCUT2D eigenvalue weighted by atomic mass is 32.1. The molecule has 1 aliphatic rings. The highest BCUT2D eigenvalue weighted by Gasteiger charge is 2.18. The summed E-state index contributed by atoms with van der Waals surface area (Å²) in [6.07, 6.45) is 3.23. The number of amides is 1.